The number of unbranched alkanes of at least 4 members (excludes halogenated alkanes) is 1. The van der Waals surface area contributed by atoms with Gasteiger partial charge >= 0.3 is 0 Å². The third-order valence-corrected chi connectivity index (χ3v) is 3.68. The predicted octanol–water partition coefficient (Wildman–Crippen LogP) is 2.27. The summed E-state index contributed by atoms with van der Waals surface area (Å²) in [6.45, 7) is 4.19. The van der Waals surface area contributed by atoms with Crippen molar-refractivity contribution in [3.05, 3.63) is 29.8 Å². The van der Waals surface area contributed by atoms with Crippen LogP contribution in [0, 0.1) is 0 Å². The van der Waals surface area contributed by atoms with Gasteiger partial charge in [-0.25, -0.2) is 0 Å². The highest BCUT2D eigenvalue weighted by Gasteiger charge is 2.32. The van der Waals surface area contributed by atoms with E-state index in [9.17, 15) is 9.59 Å². The van der Waals surface area contributed by atoms with Crippen molar-refractivity contribution in [2.24, 2.45) is 0 Å². The van der Waals surface area contributed by atoms with Crippen molar-refractivity contribution in [1.82, 2.24) is 5.32 Å². The molecule has 1 N–H and O–H groups in total. The number of benzene rings is 1. The van der Waals surface area contributed by atoms with Crippen LogP contribution < -0.4 is 10.2 Å². The zero-order chi connectivity index (χ0) is 14.5. The van der Waals surface area contributed by atoms with E-state index < -0.39 is 6.04 Å². The SMILES string of the molecule is CCCCc1ccc(N2CC(=O)NC(CC)C2=O)cc1. The Morgan fingerprint density at radius 2 is 1.90 bits per heavy atom. The average Bonchev–Trinajstić information content (AvgIpc) is 2.47. The first-order valence-corrected chi connectivity index (χ1v) is 7.35. The molecule has 0 radical (unpaired) electrons. The van der Waals surface area contributed by atoms with Crippen LogP contribution in [0.2, 0.25) is 0 Å². The van der Waals surface area contributed by atoms with Crippen molar-refractivity contribution in [2.75, 3.05) is 11.4 Å². The van der Waals surface area contributed by atoms with Crippen LogP contribution in [0.15, 0.2) is 24.3 Å². The number of carbonyl (C=O) groups excluding carboxylic acids is 2. The van der Waals surface area contributed by atoms with E-state index in [2.05, 4.69) is 12.2 Å². The average molecular weight is 274 g/mol. The predicted molar refractivity (Wildman–Crippen MR) is 79.6 cm³/mol. The fraction of sp³-hybridized carbons (Fsp3) is 0.500. The summed E-state index contributed by atoms with van der Waals surface area (Å²) in [5.74, 6) is -0.111. The molecule has 4 heteroatoms. The van der Waals surface area contributed by atoms with Gasteiger partial charge in [-0.1, -0.05) is 32.4 Å². The molecule has 1 aromatic carbocycles. The van der Waals surface area contributed by atoms with Gasteiger partial charge in [-0.3, -0.25) is 9.59 Å². The summed E-state index contributed by atoms with van der Waals surface area (Å²) in [4.78, 5) is 25.5. The van der Waals surface area contributed by atoms with Crippen LogP contribution in [0.5, 0.6) is 0 Å². The van der Waals surface area contributed by atoms with E-state index in [4.69, 9.17) is 0 Å². The number of hydrogen-bond acceptors (Lipinski definition) is 2. The second-order valence-corrected chi connectivity index (χ2v) is 5.22. The minimum absolute atomic E-state index is 0.0200. The molecule has 1 unspecified atom stereocenters. The van der Waals surface area contributed by atoms with E-state index >= 15 is 0 Å². The van der Waals surface area contributed by atoms with Crippen LogP contribution in [0.3, 0.4) is 0 Å². The molecular formula is C16H22N2O2. The fourth-order valence-corrected chi connectivity index (χ4v) is 2.43. The molecule has 1 heterocycles. The molecule has 20 heavy (non-hydrogen) atoms. The Bertz CT molecular complexity index is 482. The third-order valence-electron chi connectivity index (χ3n) is 3.68. The molecule has 0 spiro atoms. The number of aryl methyl sites for hydroxylation is 1. The largest absolute Gasteiger partial charge is 0.343 e. The lowest BCUT2D eigenvalue weighted by molar-refractivity contribution is -0.131. The van der Waals surface area contributed by atoms with Crippen molar-refractivity contribution in [3.8, 4) is 0 Å². The van der Waals surface area contributed by atoms with Crippen molar-refractivity contribution < 1.29 is 9.59 Å². The maximum absolute atomic E-state index is 12.3. The summed E-state index contributed by atoms with van der Waals surface area (Å²) >= 11 is 0. The maximum Gasteiger partial charge on any atom is 0.250 e. The Morgan fingerprint density at radius 1 is 1.20 bits per heavy atom. The van der Waals surface area contributed by atoms with Gasteiger partial charge in [0.1, 0.15) is 12.6 Å². The Labute approximate surface area is 120 Å². The number of anilines is 1. The van der Waals surface area contributed by atoms with E-state index in [-0.39, 0.29) is 18.4 Å². The lowest BCUT2D eigenvalue weighted by Crippen LogP contribution is -2.58. The molecule has 1 saturated heterocycles. The van der Waals surface area contributed by atoms with Gasteiger partial charge in [-0.2, -0.15) is 0 Å². The van der Waals surface area contributed by atoms with Crippen LogP contribution in [-0.2, 0) is 16.0 Å². The summed E-state index contributed by atoms with van der Waals surface area (Å²) in [7, 11) is 0. The van der Waals surface area contributed by atoms with Gasteiger partial charge in [0.15, 0.2) is 0 Å². The number of nitrogens with one attached hydrogen (secondary N) is 1. The molecule has 2 amide bonds. The Balaban J connectivity index is 2.13. The number of piperazine rings is 1. The third kappa shape index (κ3) is 3.18. The summed E-state index contributed by atoms with van der Waals surface area (Å²) in [5.41, 5.74) is 2.08. The Kier molecular flexibility index (Phi) is 4.77. The molecule has 0 bridgehead atoms. The smallest absolute Gasteiger partial charge is 0.250 e. The molecule has 0 aliphatic carbocycles. The van der Waals surface area contributed by atoms with E-state index in [1.54, 1.807) is 4.90 Å². The first-order valence-electron chi connectivity index (χ1n) is 7.35. The highest BCUT2D eigenvalue weighted by Crippen LogP contribution is 2.19. The molecule has 1 fully saturated rings. The second-order valence-electron chi connectivity index (χ2n) is 5.22. The molecule has 4 nitrogen and oxygen atoms in total. The zero-order valence-corrected chi connectivity index (χ0v) is 12.2. The summed E-state index contributed by atoms with van der Waals surface area (Å²) in [6, 6.07) is 7.58. The quantitative estimate of drug-likeness (QED) is 0.895. The highest BCUT2D eigenvalue weighted by molar-refractivity contribution is 6.06. The van der Waals surface area contributed by atoms with E-state index in [1.807, 2.05) is 31.2 Å². The number of rotatable bonds is 5. The van der Waals surface area contributed by atoms with Gasteiger partial charge in [-0.05, 0) is 37.0 Å². The van der Waals surface area contributed by atoms with Crippen LogP contribution in [0.1, 0.15) is 38.7 Å². The Hall–Kier alpha value is -1.84. The topological polar surface area (TPSA) is 49.4 Å². The van der Waals surface area contributed by atoms with E-state index in [0.29, 0.717) is 6.42 Å². The first-order chi connectivity index (χ1) is 9.65. The highest BCUT2D eigenvalue weighted by atomic mass is 16.2. The molecule has 108 valence electrons. The summed E-state index contributed by atoms with van der Waals surface area (Å²) in [6.07, 6.45) is 4.02. The molecule has 1 aliphatic heterocycles. The summed E-state index contributed by atoms with van der Waals surface area (Å²) in [5, 5.41) is 2.72. The number of carbonyl (C=O) groups is 2. The molecule has 0 aromatic heterocycles. The van der Waals surface area contributed by atoms with Crippen LogP contribution in [0.25, 0.3) is 0 Å². The minimum Gasteiger partial charge on any atom is -0.343 e. The lowest BCUT2D eigenvalue weighted by atomic mass is 10.1. The van der Waals surface area contributed by atoms with Gasteiger partial charge < -0.3 is 10.2 Å². The number of nitrogens with zero attached hydrogens (tertiary/aromatic N) is 1. The second kappa shape index (κ2) is 6.55. The van der Waals surface area contributed by atoms with E-state index in [1.165, 1.54) is 18.4 Å². The molecule has 1 aromatic rings. The standard InChI is InChI=1S/C16H22N2O2/c1-3-5-6-12-7-9-13(10-8-12)18-11-15(19)17-14(4-2)16(18)20/h7-10,14H,3-6,11H2,1-2H3,(H,17,19). The van der Waals surface area contributed by atoms with Gasteiger partial charge in [0.2, 0.25) is 11.8 Å². The molecule has 1 aliphatic rings. The molecule has 2 rings (SSSR count). The van der Waals surface area contributed by atoms with Crippen molar-refractivity contribution in [1.29, 1.82) is 0 Å². The monoisotopic (exact) mass is 274 g/mol. The normalized spacial score (nSPS) is 19.1. The lowest BCUT2D eigenvalue weighted by Gasteiger charge is -2.32. The first kappa shape index (κ1) is 14.6. The fourth-order valence-electron chi connectivity index (χ4n) is 2.43. The maximum atomic E-state index is 12.3. The van der Waals surface area contributed by atoms with Crippen LogP contribution in [0.4, 0.5) is 5.69 Å². The van der Waals surface area contributed by atoms with E-state index in [0.717, 1.165) is 12.1 Å². The molecule has 0 saturated carbocycles. The van der Waals surface area contributed by atoms with Crippen molar-refractivity contribution >= 4 is 17.5 Å². The minimum atomic E-state index is -0.393. The van der Waals surface area contributed by atoms with Gasteiger partial charge in [0.05, 0.1) is 0 Å². The van der Waals surface area contributed by atoms with Crippen molar-refractivity contribution in [2.45, 2.75) is 45.6 Å². The summed E-state index contributed by atoms with van der Waals surface area (Å²) < 4.78 is 0. The zero-order valence-electron chi connectivity index (χ0n) is 12.2. The van der Waals surface area contributed by atoms with Gasteiger partial charge in [0, 0.05) is 5.69 Å². The van der Waals surface area contributed by atoms with Crippen LogP contribution >= 0.6 is 0 Å². The molecular weight excluding hydrogens is 252 g/mol. The van der Waals surface area contributed by atoms with Gasteiger partial charge in [0.25, 0.3) is 0 Å². The molecule has 1 atom stereocenters. The number of hydrogen-bond donors (Lipinski definition) is 1. The Morgan fingerprint density at radius 3 is 2.50 bits per heavy atom. The van der Waals surface area contributed by atoms with Crippen LogP contribution in [-0.4, -0.2) is 24.4 Å². The number of amides is 2. The van der Waals surface area contributed by atoms with Gasteiger partial charge in [-0.15, -0.1) is 0 Å². The van der Waals surface area contributed by atoms with Crippen molar-refractivity contribution in [3.63, 3.8) is 0 Å².